The molecule has 0 fully saturated rings. The third-order valence-corrected chi connectivity index (χ3v) is 3.80. The summed E-state index contributed by atoms with van der Waals surface area (Å²) < 4.78 is 0.547. The minimum absolute atomic E-state index is 0.173. The number of benzene rings is 1. The van der Waals surface area contributed by atoms with Gasteiger partial charge in [-0.15, -0.1) is 0 Å². The maximum atomic E-state index is 12.2. The summed E-state index contributed by atoms with van der Waals surface area (Å²) in [7, 11) is 0. The third kappa shape index (κ3) is 1.99. The van der Waals surface area contributed by atoms with Crippen LogP contribution in [-0.4, -0.2) is 17.3 Å². The van der Waals surface area contributed by atoms with Crippen molar-refractivity contribution in [2.24, 2.45) is 0 Å². The van der Waals surface area contributed by atoms with Crippen molar-refractivity contribution >= 4 is 34.5 Å². The zero-order chi connectivity index (χ0) is 12.6. The number of nitrogens with zero attached hydrogens (tertiary/aromatic N) is 1. The lowest BCUT2D eigenvalue weighted by atomic mass is 9.73. The molecule has 17 heavy (non-hydrogen) atoms. The van der Waals surface area contributed by atoms with E-state index >= 15 is 0 Å². The first-order chi connectivity index (χ1) is 7.95. The summed E-state index contributed by atoms with van der Waals surface area (Å²) >= 11 is 1.94. The monoisotopic (exact) mass is 343 g/mol. The Morgan fingerprint density at radius 2 is 2.06 bits per heavy atom. The fourth-order valence-electron chi connectivity index (χ4n) is 2.13. The van der Waals surface area contributed by atoms with Crippen LogP contribution in [0.2, 0.25) is 0 Å². The highest BCUT2D eigenvalue weighted by molar-refractivity contribution is 14.1. The molecule has 1 aliphatic rings. The predicted molar refractivity (Wildman–Crippen MR) is 72.7 cm³/mol. The van der Waals surface area contributed by atoms with Crippen molar-refractivity contribution in [1.29, 1.82) is 0 Å². The van der Waals surface area contributed by atoms with Gasteiger partial charge >= 0.3 is 0 Å². The van der Waals surface area contributed by atoms with Crippen LogP contribution in [0.3, 0.4) is 0 Å². The summed E-state index contributed by atoms with van der Waals surface area (Å²) in [6.07, 6.45) is 1.78. The molecule has 0 amide bonds. The van der Waals surface area contributed by atoms with Crippen LogP contribution in [0.15, 0.2) is 27.8 Å². The van der Waals surface area contributed by atoms with E-state index in [1.54, 1.807) is 25.1 Å². The second kappa shape index (κ2) is 4.21. The summed E-state index contributed by atoms with van der Waals surface area (Å²) in [5.74, 6) is -0.173. The standard InChI is InChI=1S/C12H10INO3/c1-12(7-14(16)17)9-5-3-2-4-8(9)6-10(13)11(12)15/h2-6H,7H2,1H3. The lowest BCUT2D eigenvalue weighted by molar-refractivity contribution is -0.487. The molecule has 1 aliphatic carbocycles. The van der Waals surface area contributed by atoms with E-state index in [1.165, 1.54) is 0 Å². The van der Waals surface area contributed by atoms with Gasteiger partial charge in [-0.25, -0.2) is 0 Å². The lowest BCUT2D eigenvalue weighted by Gasteiger charge is -2.29. The fourth-order valence-corrected chi connectivity index (χ4v) is 3.06. The minimum atomic E-state index is -1.05. The zero-order valence-corrected chi connectivity index (χ0v) is 11.3. The van der Waals surface area contributed by atoms with Crippen molar-refractivity contribution < 1.29 is 9.72 Å². The Morgan fingerprint density at radius 1 is 1.41 bits per heavy atom. The van der Waals surface area contributed by atoms with Gasteiger partial charge in [0.2, 0.25) is 6.54 Å². The molecule has 2 rings (SSSR count). The first-order valence-corrected chi connectivity index (χ1v) is 6.16. The molecule has 1 aromatic rings. The zero-order valence-electron chi connectivity index (χ0n) is 9.14. The largest absolute Gasteiger partial charge is 0.292 e. The van der Waals surface area contributed by atoms with E-state index in [-0.39, 0.29) is 12.3 Å². The maximum absolute atomic E-state index is 12.2. The summed E-state index contributed by atoms with van der Waals surface area (Å²) in [6, 6.07) is 7.33. The van der Waals surface area contributed by atoms with Crippen molar-refractivity contribution in [3.05, 3.63) is 49.1 Å². The van der Waals surface area contributed by atoms with Crippen molar-refractivity contribution in [3.63, 3.8) is 0 Å². The number of hydrogen-bond donors (Lipinski definition) is 0. The van der Waals surface area contributed by atoms with E-state index in [2.05, 4.69) is 0 Å². The Balaban J connectivity index is 2.63. The molecule has 0 N–H and O–H groups in total. The molecule has 0 spiro atoms. The Morgan fingerprint density at radius 3 is 2.71 bits per heavy atom. The highest BCUT2D eigenvalue weighted by Gasteiger charge is 2.44. The number of allylic oxidation sites excluding steroid dienone is 1. The molecular weight excluding hydrogens is 333 g/mol. The van der Waals surface area contributed by atoms with Gasteiger partial charge in [0.15, 0.2) is 5.78 Å². The molecule has 0 saturated heterocycles. The molecule has 0 heterocycles. The van der Waals surface area contributed by atoms with Gasteiger partial charge in [0.25, 0.3) is 0 Å². The molecule has 0 aromatic heterocycles. The Labute approximate surface area is 112 Å². The lowest BCUT2D eigenvalue weighted by Crippen LogP contribution is -2.41. The maximum Gasteiger partial charge on any atom is 0.220 e. The van der Waals surface area contributed by atoms with Crippen LogP contribution in [0, 0.1) is 10.1 Å². The number of fused-ring (bicyclic) bond motifs is 1. The second-order valence-corrected chi connectivity index (χ2v) is 5.39. The average molecular weight is 343 g/mol. The van der Waals surface area contributed by atoms with Crippen molar-refractivity contribution in [2.45, 2.75) is 12.3 Å². The van der Waals surface area contributed by atoms with E-state index in [0.717, 1.165) is 11.1 Å². The Hall–Kier alpha value is -1.24. The van der Waals surface area contributed by atoms with Gasteiger partial charge in [0.05, 0.1) is 3.58 Å². The van der Waals surface area contributed by atoms with Crippen molar-refractivity contribution in [2.75, 3.05) is 6.54 Å². The topological polar surface area (TPSA) is 60.2 Å². The second-order valence-electron chi connectivity index (χ2n) is 4.23. The number of nitro groups is 1. The quantitative estimate of drug-likeness (QED) is 0.471. The SMILES string of the molecule is CC1(C[N+](=O)[O-])C(=O)C(I)=Cc2ccccc21. The van der Waals surface area contributed by atoms with E-state index in [4.69, 9.17) is 0 Å². The van der Waals surface area contributed by atoms with Gasteiger partial charge in [-0.2, -0.15) is 0 Å². The van der Waals surface area contributed by atoms with Gasteiger partial charge in [0, 0.05) is 4.92 Å². The minimum Gasteiger partial charge on any atom is -0.292 e. The van der Waals surface area contributed by atoms with Crippen molar-refractivity contribution in [3.8, 4) is 0 Å². The number of rotatable bonds is 2. The van der Waals surface area contributed by atoms with Crippen molar-refractivity contribution in [1.82, 2.24) is 0 Å². The van der Waals surface area contributed by atoms with Crippen LogP contribution < -0.4 is 0 Å². The average Bonchev–Trinajstić information content (AvgIpc) is 2.26. The number of carbonyl (C=O) groups excluding carboxylic acids is 1. The molecule has 0 bridgehead atoms. The normalized spacial score (nSPS) is 22.9. The number of ketones is 1. The molecule has 1 unspecified atom stereocenters. The molecule has 88 valence electrons. The van der Waals surface area contributed by atoms with E-state index in [0.29, 0.717) is 3.58 Å². The highest BCUT2D eigenvalue weighted by atomic mass is 127. The molecule has 0 radical (unpaired) electrons. The summed E-state index contributed by atoms with van der Waals surface area (Å²) in [5, 5.41) is 10.8. The molecule has 1 aromatic carbocycles. The highest BCUT2D eigenvalue weighted by Crippen LogP contribution is 2.38. The van der Waals surface area contributed by atoms with Crippen LogP contribution in [0.5, 0.6) is 0 Å². The van der Waals surface area contributed by atoms with E-state index in [9.17, 15) is 14.9 Å². The molecule has 4 nitrogen and oxygen atoms in total. The predicted octanol–water partition coefficient (Wildman–Crippen LogP) is 2.58. The van der Waals surface area contributed by atoms with Gasteiger partial charge in [-0.05, 0) is 46.7 Å². The Bertz CT molecular complexity index is 538. The molecule has 0 aliphatic heterocycles. The smallest absolute Gasteiger partial charge is 0.220 e. The van der Waals surface area contributed by atoms with Crippen LogP contribution >= 0.6 is 22.6 Å². The molecular formula is C12H10INO3. The van der Waals surface area contributed by atoms with Crippen LogP contribution in [0.4, 0.5) is 0 Å². The summed E-state index contributed by atoms with van der Waals surface area (Å²) in [4.78, 5) is 22.5. The first kappa shape index (κ1) is 12.2. The molecule has 5 heteroatoms. The number of carbonyl (C=O) groups is 1. The van der Waals surface area contributed by atoms with Crippen LogP contribution in [0.1, 0.15) is 18.1 Å². The fraction of sp³-hybridized carbons (Fsp3) is 0.250. The molecule has 0 saturated carbocycles. The first-order valence-electron chi connectivity index (χ1n) is 5.08. The van der Waals surface area contributed by atoms with Gasteiger partial charge in [0.1, 0.15) is 5.41 Å². The number of halogens is 1. The summed E-state index contributed by atoms with van der Waals surface area (Å²) in [6.45, 7) is 1.27. The summed E-state index contributed by atoms with van der Waals surface area (Å²) in [5.41, 5.74) is 0.578. The van der Waals surface area contributed by atoms with E-state index < -0.39 is 10.3 Å². The number of Topliss-reactive ketones (excluding diaryl/α,β-unsaturated/α-hetero) is 1. The van der Waals surface area contributed by atoms with Crippen LogP contribution in [0.25, 0.3) is 6.08 Å². The van der Waals surface area contributed by atoms with Crippen LogP contribution in [-0.2, 0) is 10.2 Å². The number of hydrogen-bond acceptors (Lipinski definition) is 3. The van der Waals surface area contributed by atoms with Gasteiger partial charge in [-0.3, -0.25) is 14.9 Å². The molecule has 1 atom stereocenters. The Kier molecular flexibility index (Phi) is 3.03. The van der Waals surface area contributed by atoms with Gasteiger partial charge in [-0.1, -0.05) is 24.3 Å². The third-order valence-electron chi connectivity index (χ3n) is 3.00. The van der Waals surface area contributed by atoms with Gasteiger partial charge < -0.3 is 0 Å². The van der Waals surface area contributed by atoms with E-state index in [1.807, 2.05) is 34.7 Å².